The number of rotatable bonds is 5. The van der Waals surface area contributed by atoms with Crippen LogP contribution < -0.4 is 0 Å². The molecule has 2 aliphatic rings. The van der Waals surface area contributed by atoms with E-state index in [9.17, 15) is 4.79 Å². The molecule has 0 saturated heterocycles. The third-order valence-electron chi connectivity index (χ3n) is 7.42. The van der Waals surface area contributed by atoms with Gasteiger partial charge in [-0.15, -0.1) is 0 Å². The van der Waals surface area contributed by atoms with E-state index in [1.807, 2.05) is 0 Å². The lowest BCUT2D eigenvalue weighted by atomic mass is 9.71. The third kappa shape index (κ3) is 4.36. The van der Waals surface area contributed by atoms with Gasteiger partial charge in [0.05, 0.1) is 11.8 Å². The highest BCUT2D eigenvalue weighted by molar-refractivity contribution is 6.74. The van der Waals surface area contributed by atoms with Crippen LogP contribution in [0.3, 0.4) is 0 Å². The van der Waals surface area contributed by atoms with Gasteiger partial charge in [0.2, 0.25) is 0 Å². The van der Waals surface area contributed by atoms with Gasteiger partial charge in [-0.2, -0.15) is 0 Å². The van der Waals surface area contributed by atoms with Gasteiger partial charge in [-0.05, 0) is 60.7 Å². The molecule has 0 fully saturated rings. The number of aromatic nitrogens is 1. The Labute approximate surface area is 184 Å². The summed E-state index contributed by atoms with van der Waals surface area (Å²) in [5, 5.41) is 0.140. The molecule has 3 nitrogen and oxygen atoms in total. The minimum atomic E-state index is -1.98. The number of hydrogen-bond acceptors (Lipinski definition) is 3. The summed E-state index contributed by atoms with van der Waals surface area (Å²) < 4.78 is 7.06. The van der Waals surface area contributed by atoms with Gasteiger partial charge in [0.15, 0.2) is 14.6 Å². The minimum absolute atomic E-state index is 0.0149. The quantitative estimate of drug-likeness (QED) is 0.278. The molecule has 2 atom stereocenters. The summed E-state index contributed by atoms with van der Waals surface area (Å²) >= 11 is 0. The number of carbonyl (C=O) groups excluding carboxylic acids is 1. The maximum Gasteiger partial charge on any atom is 0.192 e. The fourth-order valence-electron chi connectivity index (χ4n) is 4.80. The van der Waals surface area contributed by atoms with Crippen molar-refractivity contribution in [2.75, 3.05) is 0 Å². The first-order valence-corrected chi connectivity index (χ1v) is 14.5. The highest BCUT2D eigenvalue weighted by atomic mass is 28.4. The number of pyridine rings is 1. The van der Waals surface area contributed by atoms with Crippen LogP contribution in [0.4, 0.5) is 0 Å². The average molecular weight is 428 g/mol. The van der Waals surface area contributed by atoms with Crippen LogP contribution in [0.2, 0.25) is 18.1 Å². The molecule has 0 aliphatic heterocycles. The van der Waals surface area contributed by atoms with Gasteiger partial charge in [-0.25, -0.2) is 0 Å². The lowest BCUT2D eigenvalue weighted by Gasteiger charge is -2.45. The zero-order valence-electron chi connectivity index (χ0n) is 20.6. The number of nitrogens with zero attached hydrogens (tertiary/aromatic N) is 1. The van der Waals surface area contributed by atoms with Crippen LogP contribution in [0.25, 0.3) is 0 Å². The summed E-state index contributed by atoms with van der Waals surface area (Å²) in [4.78, 5) is 17.5. The van der Waals surface area contributed by atoms with Gasteiger partial charge >= 0.3 is 0 Å². The van der Waals surface area contributed by atoms with Crippen molar-refractivity contribution in [1.82, 2.24) is 4.98 Å². The summed E-state index contributed by atoms with van der Waals surface area (Å²) in [5.74, 6) is 0.524. The largest absolute Gasteiger partial charge is 0.410 e. The molecule has 0 radical (unpaired) electrons. The smallest absolute Gasteiger partial charge is 0.192 e. The second kappa shape index (κ2) is 8.02. The Bertz CT molecular complexity index is 846. The molecule has 0 spiro atoms. The lowest BCUT2D eigenvalue weighted by molar-refractivity contribution is 0.104. The first kappa shape index (κ1) is 23.4. The predicted molar refractivity (Wildman–Crippen MR) is 128 cm³/mol. The van der Waals surface area contributed by atoms with Crippen LogP contribution in [0, 0.1) is 5.41 Å². The van der Waals surface area contributed by atoms with Crippen LogP contribution in [0.5, 0.6) is 0 Å². The molecular weight excluding hydrogens is 386 g/mol. The summed E-state index contributed by atoms with van der Waals surface area (Å²) in [6.07, 6.45) is 9.72. The number of hydrogen-bond donors (Lipinski definition) is 0. The zero-order valence-corrected chi connectivity index (χ0v) is 21.6. The van der Waals surface area contributed by atoms with E-state index < -0.39 is 8.32 Å². The van der Waals surface area contributed by atoms with Crippen molar-refractivity contribution in [3.63, 3.8) is 0 Å². The van der Waals surface area contributed by atoms with Crippen molar-refractivity contribution >= 4 is 14.6 Å². The molecule has 1 aromatic heterocycles. The van der Waals surface area contributed by atoms with Crippen LogP contribution in [0.15, 0.2) is 12.2 Å². The number of allylic oxidation sites excluding steroid dienone is 2. The standard InChI is InChI=1S/C26H41NO2Si/c1-17(2)24-19(16-28)22(18-12-10-11-13-18)23-20(27-24)14-26(6,7)15-21(23)29-30(8,9)25(3,4)5/h10,12,16-18,21H,11,13-15H2,1-9H3. The molecule has 0 amide bonds. The summed E-state index contributed by atoms with van der Waals surface area (Å²) in [7, 11) is -1.98. The van der Waals surface area contributed by atoms with E-state index >= 15 is 0 Å². The van der Waals surface area contributed by atoms with Crippen LogP contribution in [-0.4, -0.2) is 19.6 Å². The van der Waals surface area contributed by atoms with E-state index in [0.717, 1.165) is 43.2 Å². The second-order valence-electron chi connectivity index (χ2n) is 12.0. The Hall–Kier alpha value is -1.26. The first-order chi connectivity index (χ1) is 13.8. The Kier molecular flexibility index (Phi) is 6.25. The maximum atomic E-state index is 12.4. The first-order valence-electron chi connectivity index (χ1n) is 11.6. The molecule has 30 heavy (non-hydrogen) atoms. The lowest BCUT2D eigenvalue weighted by Crippen LogP contribution is -2.44. The van der Waals surface area contributed by atoms with Gasteiger partial charge in [0.1, 0.15) is 0 Å². The van der Waals surface area contributed by atoms with Crippen molar-refractivity contribution in [2.24, 2.45) is 5.41 Å². The molecule has 2 unspecified atom stereocenters. The summed E-state index contributed by atoms with van der Waals surface area (Å²) in [6, 6.07) is 0. The highest BCUT2D eigenvalue weighted by Crippen LogP contribution is 2.50. The average Bonchev–Trinajstić information content (AvgIpc) is 3.11. The molecular formula is C26H41NO2Si. The van der Waals surface area contributed by atoms with Crippen LogP contribution in [-0.2, 0) is 10.8 Å². The summed E-state index contributed by atoms with van der Waals surface area (Å²) in [6.45, 7) is 20.5. The van der Waals surface area contributed by atoms with E-state index in [1.165, 1.54) is 16.8 Å². The Morgan fingerprint density at radius 3 is 2.40 bits per heavy atom. The van der Waals surface area contributed by atoms with E-state index in [1.54, 1.807) is 0 Å². The molecule has 2 aliphatic carbocycles. The van der Waals surface area contributed by atoms with E-state index in [4.69, 9.17) is 9.41 Å². The number of aldehydes is 1. The van der Waals surface area contributed by atoms with Crippen molar-refractivity contribution < 1.29 is 9.22 Å². The normalized spacial score (nSPS) is 23.7. The molecule has 0 saturated carbocycles. The molecule has 4 heteroatoms. The fraction of sp³-hybridized carbons (Fsp3) is 0.692. The van der Waals surface area contributed by atoms with Gasteiger partial charge in [-0.1, -0.05) is 60.6 Å². The van der Waals surface area contributed by atoms with Crippen LogP contribution in [0.1, 0.15) is 119 Å². The monoisotopic (exact) mass is 427 g/mol. The Morgan fingerprint density at radius 2 is 1.90 bits per heavy atom. The molecule has 0 N–H and O–H groups in total. The minimum Gasteiger partial charge on any atom is -0.410 e. The van der Waals surface area contributed by atoms with Gasteiger partial charge in [0, 0.05) is 22.7 Å². The van der Waals surface area contributed by atoms with Gasteiger partial charge < -0.3 is 4.43 Å². The van der Waals surface area contributed by atoms with Crippen LogP contribution >= 0.6 is 0 Å². The van der Waals surface area contributed by atoms with E-state index in [2.05, 4.69) is 73.7 Å². The molecule has 1 aromatic rings. The topological polar surface area (TPSA) is 39.2 Å². The number of fused-ring (bicyclic) bond motifs is 1. The fourth-order valence-corrected chi connectivity index (χ4v) is 6.06. The predicted octanol–water partition coefficient (Wildman–Crippen LogP) is 7.49. The number of carbonyl (C=O) groups is 1. The van der Waals surface area contributed by atoms with Crippen molar-refractivity contribution in [3.05, 3.63) is 40.2 Å². The molecule has 3 rings (SSSR count). The van der Waals surface area contributed by atoms with Gasteiger partial charge in [-0.3, -0.25) is 9.78 Å². The molecule has 0 aromatic carbocycles. The van der Waals surface area contributed by atoms with E-state index in [0.29, 0.717) is 5.92 Å². The highest BCUT2D eigenvalue weighted by Gasteiger charge is 2.44. The third-order valence-corrected chi connectivity index (χ3v) is 11.9. The molecule has 1 heterocycles. The van der Waals surface area contributed by atoms with Crippen molar-refractivity contribution in [1.29, 1.82) is 0 Å². The Balaban J connectivity index is 2.26. The summed E-state index contributed by atoms with van der Waals surface area (Å²) in [5.41, 5.74) is 5.53. The van der Waals surface area contributed by atoms with Gasteiger partial charge in [0.25, 0.3) is 0 Å². The molecule has 166 valence electrons. The molecule has 0 bridgehead atoms. The second-order valence-corrected chi connectivity index (χ2v) is 16.7. The maximum absolute atomic E-state index is 12.4. The van der Waals surface area contributed by atoms with E-state index in [-0.39, 0.29) is 22.5 Å². The zero-order chi connectivity index (χ0) is 22.5. The Morgan fingerprint density at radius 1 is 1.23 bits per heavy atom. The van der Waals surface area contributed by atoms with Crippen molar-refractivity contribution in [2.45, 2.75) is 110 Å². The van der Waals surface area contributed by atoms with Crippen molar-refractivity contribution in [3.8, 4) is 0 Å². The SMILES string of the molecule is CC(C)c1nc2c(c(C3C=CCC3)c1C=O)C(O[Si](C)(C)C(C)(C)C)CC(C)(C)C2.